The summed E-state index contributed by atoms with van der Waals surface area (Å²) >= 11 is 0. The predicted molar refractivity (Wildman–Crippen MR) is 110 cm³/mol. The Bertz CT molecular complexity index is 921. The van der Waals surface area contributed by atoms with E-state index in [0.29, 0.717) is 37.0 Å². The lowest BCUT2D eigenvalue weighted by Crippen LogP contribution is -2.44. The first-order chi connectivity index (χ1) is 15.0. The number of carbonyl (C=O) groups excluding carboxylic acids is 2. The molecule has 10 nitrogen and oxygen atoms in total. The van der Waals surface area contributed by atoms with E-state index in [-0.39, 0.29) is 24.7 Å². The van der Waals surface area contributed by atoms with Crippen molar-refractivity contribution in [3.05, 3.63) is 34.5 Å². The van der Waals surface area contributed by atoms with Crippen molar-refractivity contribution in [2.75, 3.05) is 13.1 Å². The van der Waals surface area contributed by atoms with Crippen molar-refractivity contribution in [3.63, 3.8) is 0 Å². The van der Waals surface area contributed by atoms with Crippen LogP contribution >= 0.6 is 0 Å². The third-order valence-corrected chi connectivity index (χ3v) is 5.85. The number of aryl methyl sites for hydroxylation is 1. The quantitative estimate of drug-likeness (QED) is 0.707. The molecule has 2 amide bonds. The molecule has 31 heavy (non-hydrogen) atoms. The van der Waals surface area contributed by atoms with Gasteiger partial charge < -0.3 is 19.4 Å². The highest BCUT2D eigenvalue weighted by Crippen LogP contribution is 2.26. The summed E-state index contributed by atoms with van der Waals surface area (Å²) in [6.45, 7) is 5.55. The Morgan fingerprint density at radius 2 is 2.13 bits per heavy atom. The van der Waals surface area contributed by atoms with Gasteiger partial charge >= 0.3 is 0 Å². The number of rotatable bonds is 4. The number of carboxylic acid groups (broad SMARTS) is 1. The maximum Gasteiger partial charge on any atom is 0.290 e. The first kappa shape index (κ1) is 22.5. The van der Waals surface area contributed by atoms with Crippen LogP contribution in [-0.2, 0) is 29.0 Å². The van der Waals surface area contributed by atoms with Crippen molar-refractivity contribution < 1.29 is 24.0 Å². The van der Waals surface area contributed by atoms with E-state index in [1.807, 2.05) is 11.8 Å². The molecule has 1 fully saturated rings. The van der Waals surface area contributed by atoms with Crippen molar-refractivity contribution in [2.45, 2.75) is 65.0 Å². The minimum Gasteiger partial charge on any atom is -0.483 e. The lowest BCUT2D eigenvalue weighted by molar-refractivity contribution is -0.131. The van der Waals surface area contributed by atoms with Crippen LogP contribution in [0.4, 0.5) is 0 Å². The summed E-state index contributed by atoms with van der Waals surface area (Å²) in [4.78, 5) is 37.8. The Kier molecular flexibility index (Phi) is 7.43. The van der Waals surface area contributed by atoms with Crippen molar-refractivity contribution in [1.29, 1.82) is 0 Å². The third kappa shape index (κ3) is 5.12. The van der Waals surface area contributed by atoms with Crippen LogP contribution in [0.3, 0.4) is 0 Å². The summed E-state index contributed by atoms with van der Waals surface area (Å²) in [6.07, 6.45) is 5.11. The molecule has 168 valence electrons. The molecule has 0 spiro atoms. The molecular weight excluding hydrogens is 402 g/mol. The fraction of sp³-hybridized carbons (Fsp3) is 0.571. The van der Waals surface area contributed by atoms with E-state index < -0.39 is 0 Å². The summed E-state index contributed by atoms with van der Waals surface area (Å²) in [5.41, 5.74) is 3.13. The second-order valence-electron chi connectivity index (χ2n) is 7.87. The van der Waals surface area contributed by atoms with Crippen molar-refractivity contribution >= 4 is 18.3 Å². The van der Waals surface area contributed by atoms with Crippen LogP contribution in [0, 0.1) is 6.92 Å². The molecular formula is C21H29N5O5. The van der Waals surface area contributed by atoms with E-state index in [9.17, 15) is 9.59 Å². The Balaban J connectivity index is 0.000000858. The molecule has 2 aliphatic rings. The predicted octanol–water partition coefficient (Wildman–Crippen LogP) is 1.94. The molecule has 2 N–H and O–H groups in total. The monoisotopic (exact) mass is 431 g/mol. The molecule has 0 bridgehead atoms. The van der Waals surface area contributed by atoms with Gasteiger partial charge in [0.05, 0.1) is 24.4 Å². The number of fused-ring (bicyclic) bond motifs is 1. The van der Waals surface area contributed by atoms with Crippen LogP contribution in [0.5, 0.6) is 0 Å². The van der Waals surface area contributed by atoms with Crippen LogP contribution in [0.25, 0.3) is 0 Å². The number of carbonyl (C=O) groups is 3. The Morgan fingerprint density at radius 3 is 2.81 bits per heavy atom. The van der Waals surface area contributed by atoms with Gasteiger partial charge in [0.2, 0.25) is 5.91 Å². The topological polar surface area (TPSA) is 133 Å². The average Bonchev–Trinajstić information content (AvgIpc) is 3.39. The summed E-state index contributed by atoms with van der Waals surface area (Å²) < 4.78 is 5.15. The van der Waals surface area contributed by atoms with Crippen molar-refractivity contribution in [3.8, 4) is 0 Å². The van der Waals surface area contributed by atoms with Gasteiger partial charge in [-0.05, 0) is 39.0 Å². The van der Waals surface area contributed by atoms with Crippen molar-refractivity contribution in [2.24, 2.45) is 0 Å². The molecule has 0 aromatic carbocycles. The zero-order valence-corrected chi connectivity index (χ0v) is 18.0. The summed E-state index contributed by atoms with van der Waals surface area (Å²) in [5.74, 6) is 0.594. The number of likely N-dealkylation sites (tertiary alicyclic amines) is 1. The fourth-order valence-corrected chi connectivity index (χ4v) is 4.30. The number of hydrogen-bond donors (Lipinski definition) is 2. The lowest BCUT2D eigenvalue weighted by atomic mass is 9.98. The second-order valence-corrected chi connectivity index (χ2v) is 7.87. The van der Waals surface area contributed by atoms with Gasteiger partial charge in [-0.3, -0.25) is 19.5 Å². The van der Waals surface area contributed by atoms with E-state index >= 15 is 0 Å². The Hall–Kier alpha value is -3.17. The first-order valence-corrected chi connectivity index (χ1v) is 10.6. The molecule has 4 rings (SSSR count). The fourth-order valence-electron chi connectivity index (χ4n) is 4.30. The molecule has 2 aromatic rings. The molecule has 10 heteroatoms. The number of aromatic nitrogens is 3. The number of amides is 2. The third-order valence-electron chi connectivity index (χ3n) is 5.85. The lowest BCUT2D eigenvalue weighted by Gasteiger charge is -2.35. The van der Waals surface area contributed by atoms with Gasteiger partial charge in [0, 0.05) is 30.8 Å². The second kappa shape index (κ2) is 10.2. The number of piperidine rings is 1. The maximum atomic E-state index is 13.1. The van der Waals surface area contributed by atoms with E-state index in [0.717, 1.165) is 42.8 Å². The first-order valence-electron chi connectivity index (χ1n) is 10.6. The normalized spacial score (nSPS) is 18.1. The van der Waals surface area contributed by atoms with E-state index in [1.165, 1.54) is 6.42 Å². The molecule has 1 saturated heterocycles. The number of nitrogens with one attached hydrogen (secondary N) is 1. The van der Waals surface area contributed by atoms with Crippen molar-refractivity contribution in [1.82, 2.24) is 25.2 Å². The van der Waals surface area contributed by atoms with Crippen LogP contribution < -0.4 is 0 Å². The number of H-pyrrole nitrogens is 1. The number of aromatic amines is 1. The van der Waals surface area contributed by atoms with Gasteiger partial charge in [-0.15, -0.1) is 0 Å². The van der Waals surface area contributed by atoms with Gasteiger partial charge in [0.25, 0.3) is 12.4 Å². The van der Waals surface area contributed by atoms with Crippen LogP contribution in [0.2, 0.25) is 0 Å². The Morgan fingerprint density at radius 1 is 1.35 bits per heavy atom. The molecule has 4 heterocycles. The number of hydrogen-bond acceptors (Lipinski definition) is 6. The molecule has 1 atom stereocenters. The SMILES string of the molecule is CCC1CCCCN1C(=O)c1n[nH]c2c1CCN(C(=O)Cc1cc(C)no1)C2.O=CO. The van der Waals surface area contributed by atoms with Crippen LogP contribution in [0.1, 0.15) is 65.8 Å². The van der Waals surface area contributed by atoms with Gasteiger partial charge in [-0.1, -0.05) is 12.1 Å². The Labute approximate surface area is 180 Å². The molecule has 2 aliphatic heterocycles. The van der Waals surface area contributed by atoms with E-state index in [1.54, 1.807) is 11.0 Å². The molecule has 0 aliphatic carbocycles. The summed E-state index contributed by atoms with van der Waals surface area (Å²) in [6, 6.07) is 2.09. The number of nitrogens with zero attached hydrogens (tertiary/aromatic N) is 4. The summed E-state index contributed by atoms with van der Waals surface area (Å²) in [7, 11) is 0. The minimum atomic E-state index is -0.250. The highest BCUT2D eigenvalue weighted by atomic mass is 16.5. The smallest absolute Gasteiger partial charge is 0.290 e. The largest absolute Gasteiger partial charge is 0.483 e. The van der Waals surface area contributed by atoms with Gasteiger partial charge in [-0.25, -0.2) is 0 Å². The molecule has 2 aromatic heterocycles. The average molecular weight is 431 g/mol. The van der Waals surface area contributed by atoms with Crippen LogP contribution in [-0.4, -0.2) is 67.7 Å². The van der Waals surface area contributed by atoms with Gasteiger partial charge in [0.1, 0.15) is 5.76 Å². The highest BCUT2D eigenvalue weighted by molar-refractivity contribution is 5.94. The molecule has 0 radical (unpaired) electrons. The maximum absolute atomic E-state index is 13.1. The van der Waals surface area contributed by atoms with Gasteiger partial charge in [-0.2, -0.15) is 5.10 Å². The molecule has 0 saturated carbocycles. The summed E-state index contributed by atoms with van der Waals surface area (Å²) in [5, 5.41) is 18.1. The zero-order chi connectivity index (χ0) is 22.4. The van der Waals surface area contributed by atoms with Gasteiger partial charge in [0.15, 0.2) is 5.69 Å². The van der Waals surface area contributed by atoms with Crippen LogP contribution in [0.15, 0.2) is 10.6 Å². The van der Waals surface area contributed by atoms with E-state index in [2.05, 4.69) is 22.3 Å². The standard InChI is InChI=1S/C20H27N5O3.CH2O2/c1-3-14-6-4-5-8-25(14)20(27)19-16-7-9-24(12-17(16)21-22-19)18(26)11-15-10-13(2)23-28-15;2-1-3/h10,14H,3-9,11-12H2,1-2H3,(H,21,22);1H,(H,2,3). The minimum absolute atomic E-state index is 0.00801. The molecule has 1 unspecified atom stereocenters. The zero-order valence-electron chi connectivity index (χ0n) is 18.0. The van der Waals surface area contributed by atoms with E-state index in [4.69, 9.17) is 14.4 Å². The highest BCUT2D eigenvalue weighted by Gasteiger charge is 2.32.